The van der Waals surface area contributed by atoms with Gasteiger partial charge >= 0.3 is 0 Å². The first kappa shape index (κ1) is 8.38. The molecule has 0 spiro atoms. The lowest BCUT2D eigenvalue weighted by atomic mass is 10.2. The van der Waals surface area contributed by atoms with Gasteiger partial charge in [0.1, 0.15) is 0 Å². The van der Waals surface area contributed by atoms with Gasteiger partial charge in [-0.1, -0.05) is 6.42 Å². The summed E-state index contributed by atoms with van der Waals surface area (Å²) in [6, 6.07) is 2.94. The van der Waals surface area contributed by atoms with Crippen LogP contribution in [0.4, 0.5) is 0 Å². The molecule has 1 aliphatic rings. The zero-order valence-electron chi connectivity index (χ0n) is 7.17. The van der Waals surface area contributed by atoms with Gasteiger partial charge < -0.3 is 4.90 Å². The molecular formula is C8H15N3. The van der Waals surface area contributed by atoms with Crippen molar-refractivity contribution in [2.75, 3.05) is 26.7 Å². The van der Waals surface area contributed by atoms with Gasteiger partial charge in [-0.05, 0) is 14.0 Å². The van der Waals surface area contributed by atoms with Crippen LogP contribution in [-0.2, 0) is 0 Å². The van der Waals surface area contributed by atoms with E-state index in [9.17, 15) is 0 Å². The van der Waals surface area contributed by atoms with Gasteiger partial charge in [-0.25, -0.2) is 5.01 Å². The molecule has 11 heavy (non-hydrogen) atoms. The van der Waals surface area contributed by atoms with Gasteiger partial charge in [0.25, 0.3) is 0 Å². The van der Waals surface area contributed by atoms with Crippen molar-refractivity contribution in [1.82, 2.24) is 15.3 Å². The third-order valence-corrected chi connectivity index (χ3v) is 2.04. The lowest BCUT2D eigenvalue weighted by molar-refractivity contribution is 0.0737. The Hall–Kier alpha value is -0.720. The largest absolute Gasteiger partial charge is 0.303 e. The van der Waals surface area contributed by atoms with E-state index in [1.165, 1.54) is 0 Å². The minimum absolute atomic E-state index is 0.504. The van der Waals surface area contributed by atoms with Crippen molar-refractivity contribution < 1.29 is 0 Å². The van der Waals surface area contributed by atoms with E-state index in [-0.39, 0.29) is 0 Å². The van der Waals surface area contributed by atoms with Crippen molar-refractivity contribution in [3.8, 4) is 12.5 Å². The first-order valence-corrected chi connectivity index (χ1v) is 3.90. The van der Waals surface area contributed by atoms with E-state index in [1.54, 1.807) is 0 Å². The molecule has 0 saturated carbocycles. The number of nitrogens with zero attached hydrogens (tertiary/aromatic N) is 2. The molecule has 1 unspecified atom stereocenters. The standard InChI is InChI=1S/C8H15N3/c1-4-9-11-6-5-10(3)7-8(11)2/h1,8-9H,5-7H2,2-3H3. The first-order chi connectivity index (χ1) is 5.24. The molecule has 1 fully saturated rings. The Labute approximate surface area is 68.3 Å². The minimum atomic E-state index is 0.504. The number of likely N-dealkylation sites (N-methyl/N-ethyl adjacent to an activating group) is 1. The third kappa shape index (κ3) is 2.11. The second-order valence-electron chi connectivity index (χ2n) is 3.06. The second kappa shape index (κ2) is 3.61. The number of nitrogens with one attached hydrogen (secondary N) is 1. The molecule has 0 amide bonds. The molecule has 3 heteroatoms. The van der Waals surface area contributed by atoms with Crippen LogP contribution in [-0.4, -0.2) is 42.6 Å². The number of terminal acetylenes is 1. The summed E-state index contributed by atoms with van der Waals surface area (Å²) in [4.78, 5) is 2.30. The number of hydrazine groups is 1. The average Bonchev–Trinajstić information content (AvgIpc) is 1.95. The molecule has 0 bridgehead atoms. The Kier molecular flexibility index (Phi) is 2.75. The zero-order chi connectivity index (χ0) is 8.27. The molecule has 1 heterocycles. The van der Waals surface area contributed by atoms with Crippen molar-refractivity contribution in [3.05, 3.63) is 0 Å². The molecule has 0 radical (unpaired) electrons. The number of hydrogen-bond donors (Lipinski definition) is 1. The van der Waals surface area contributed by atoms with Crippen LogP contribution in [0.25, 0.3) is 0 Å². The van der Waals surface area contributed by atoms with Gasteiger partial charge in [0, 0.05) is 31.7 Å². The molecule has 62 valence electrons. The average molecular weight is 153 g/mol. The minimum Gasteiger partial charge on any atom is -0.303 e. The summed E-state index contributed by atoms with van der Waals surface area (Å²) in [5.74, 6) is 0. The van der Waals surface area contributed by atoms with Crippen LogP contribution in [0.15, 0.2) is 0 Å². The summed E-state index contributed by atoms with van der Waals surface area (Å²) in [7, 11) is 2.13. The third-order valence-electron chi connectivity index (χ3n) is 2.04. The molecule has 1 aliphatic heterocycles. The molecule has 1 saturated heterocycles. The van der Waals surface area contributed by atoms with Crippen LogP contribution in [0.3, 0.4) is 0 Å². The fraction of sp³-hybridized carbons (Fsp3) is 0.750. The normalized spacial score (nSPS) is 27.9. The Balaban J connectivity index is 2.39. The van der Waals surface area contributed by atoms with Gasteiger partial charge in [-0.15, -0.1) is 0 Å². The van der Waals surface area contributed by atoms with E-state index in [2.05, 4.69) is 35.4 Å². The van der Waals surface area contributed by atoms with Crippen molar-refractivity contribution in [1.29, 1.82) is 0 Å². The highest BCUT2D eigenvalue weighted by atomic mass is 15.5. The molecule has 3 nitrogen and oxygen atoms in total. The maximum Gasteiger partial charge on any atom is 0.0397 e. The highest BCUT2D eigenvalue weighted by molar-refractivity contribution is 4.83. The fourth-order valence-electron chi connectivity index (χ4n) is 1.39. The lowest BCUT2D eigenvalue weighted by Crippen LogP contribution is -2.54. The van der Waals surface area contributed by atoms with Crippen molar-refractivity contribution in [2.45, 2.75) is 13.0 Å². The molecular weight excluding hydrogens is 138 g/mol. The van der Waals surface area contributed by atoms with Gasteiger partial charge in [0.05, 0.1) is 0 Å². The quantitative estimate of drug-likeness (QED) is 0.413. The molecule has 1 rings (SSSR count). The van der Waals surface area contributed by atoms with Gasteiger partial charge in [-0.3, -0.25) is 5.43 Å². The number of piperazine rings is 1. The number of hydrogen-bond acceptors (Lipinski definition) is 3. The summed E-state index contributed by atoms with van der Waals surface area (Å²) >= 11 is 0. The molecule has 0 aromatic carbocycles. The molecule has 0 aromatic rings. The molecule has 1 atom stereocenters. The maximum absolute atomic E-state index is 5.14. The van der Waals surface area contributed by atoms with Crippen LogP contribution in [0.5, 0.6) is 0 Å². The van der Waals surface area contributed by atoms with Crippen molar-refractivity contribution >= 4 is 0 Å². The summed E-state index contributed by atoms with van der Waals surface area (Å²) in [6.07, 6.45) is 5.14. The Bertz CT molecular complexity index is 161. The van der Waals surface area contributed by atoms with Crippen LogP contribution in [0.2, 0.25) is 0 Å². The highest BCUT2D eigenvalue weighted by Gasteiger charge is 2.19. The molecule has 1 N–H and O–H groups in total. The fourth-order valence-corrected chi connectivity index (χ4v) is 1.39. The summed E-state index contributed by atoms with van der Waals surface area (Å²) in [5.41, 5.74) is 2.89. The van der Waals surface area contributed by atoms with Crippen LogP contribution >= 0.6 is 0 Å². The SMILES string of the molecule is C#CNN1CCN(C)CC1C. The summed E-state index contributed by atoms with van der Waals surface area (Å²) < 4.78 is 0. The Morgan fingerprint density at radius 3 is 2.82 bits per heavy atom. The van der Waals surface area contributed by atoms with E-state index in [0.717, 1.165) is 19.6 Å². The smallest absolute Gasteiger partial charge is 0.0397 e. The Morgan fingerprint density at radius 1 is 1.55 bits per heavy atom. The number of rotatable bonds is 1. The topological polar surface area (TPSA) is 18.5 Å². The second-order valence-corrected chi connectivity index (χ2v) is 3.06. The zero-order valence-corrected chi connectivity index (χ0v) is 7.17. The monoisotopic (exact) mass is 153 g/mol. The summed E-state index contributed by atoms with van der Waals surface area (Å²) in [6.45, 7) is 5.33. The predicted molar refractivity (Wildman–Crippen MR) is 45.6 cm³/mol. The van der Waals surface area contributed by atoms with Crippen molar-refractivity contribution in [2.24, 2.45) is 0 Å². The van der Waals surface area contributed by atoms with E-state index < -0.39 is 0 Å². The predicted octanol–water partition coefficient (Wildman–Crippen LogP) is -0.282. The van der Waals surface area contributed by atoms with E-state index in [0.29, 0.717) is 6.04 Å². The Morgan fingerprint density at radius 2 is 2.27 bits per heavy atom. The van der Waals surface area contributed by atoms with E-state index in [1.807, 2.05) is 0 Å². The van der Waals surface area contributed by atoms with Crippen molar-refractivity contribution in [3.63, 3.8) is 0 Å². The van der Waals surface area contributed by atoms with Crippen LogP contribution < -0.4 is 5.43 Å². The van der Waals surface area contributed by atoms with Gasteiger partial charge in [0.15, 0.2) is 0 Å². The lowest BCUT2D eigenvalue weighted by Gasteiger charge is -2.36. The first-order valence-electron chi connectivity index (χ1n) is 3.90. The van der Waals surface area contributed by atoms with Crippen LogP contribution in [0.1, 0.15) is 6.92 Å². The van der Waals surface area contributed by atoms with E-state index in [4.69, 9.17) is 6.42 Å². The van der Waals surface area contributed by atoms with Gasteiger partial charge in [0.2, 0.25) is 0 Å². The molecule has 0 aliphatic carbocycles. The van der Waals surface area contributed by atoms with Crippen LogP contribution in [0, 0.1) is 12.5 Å². The highest BCUT2D eigenvalue weighted by Crippen LogP contribution is 2.03. The maximum atomic E-state index is 5.14. The molecule has 0 aromatic heterocycles. The van der Waals surface area contributed by atoms with E-state index >= 15 is 0 Å². The summed E-state index contributed by atoms with van der Waals surface area (Å²) in [5, 5.41) is 2.10. The van der Waals surface area contributed by atoms with Gasteiger partial charge in [-0.2, -0.15) is 0 Å².